The van der Waals surface area contributed by atoms with Gasteiger partial charge in [0.2, 0.25) is 5.91 Å². The molecule has 0 unspecified atom stereocenters. The first-order chi connectivity index (χ1) is 15.2. The molecule has 32 heavy (non-hydrogen) atoms. The number of carbonyl (C=O) groups excluding carboxylic acids is 2. The van der Waals surface area contributed by atoms with Crippen LogP contribution in [-0.2, 0) is 22.3 Å². The fourth-order valence-electron chi connectivity index (χ4n) is 2.92. The van der Waals surface area contributed by atoms with E-state index >= 15 is 0 Å². The van der Waals surface area contributed by atoms with Gasteiger partial charge in [-0.25, -0.2) is 14.8 Å². The zero-order valence-electron chi connectivity index (χ0n) is 16.4. The Morgan fingerprint density at radius 1 is 1.12 bits per heavy atom. The monoisotopic (exact) mass is 477 g/mol. The summed E-state index contributed by atoms with van der Waals surface area (Å²) in [5.41, 5.74) is 2.38. The van der Waals surface area contributed by atoms with E-state index in [1.807, 2.05) is 0 Å². The molecule has 4 rings (SSSR count). The fourth-order valence-corrected chi connectivity index (χ4v) is 4.51. The lowest BCUT2D eigenvalue weighted by Crippen LogP contribution is -2.23. The van der Waals surface area contributed by atoms with Crippen molar-refractivity contribution in [2.75, 3.05) is 4.90 Å². The summed E-state index contributed by atoms with van der Waals surface area (Å²) in [4.78, 5) is 34.0. The van der Waals surface area contributed by atoms with Gasteiger partial charge >= 0.3 is 12.1 Å². The SMILES string of the molecule is CC(=O)N(c1cccc(C(F)(F)F)c1)c1nc(COC(=O)c2ccc3ncsc3c2)cs1. The zero-order valence-corrected chi connectivity index (χ0v) is 18.1. The summed E-state index contributed by atoms with van der Waals surface area (Å²) < 4.78 is 45.3. The summed E-state index contributed by atoms with van der Waals surface area (Å²) in [5.74, 6) is -1.05. The van der Waals surface area contributed by atoms with Crippen molar-refractivity contribution in [3.8, 4) is 0 Å². The number of carbonyl (C=O) groups is 2. The van der Waals surface area contributed by atoms with Crippen molar-refractivity contribution in [1.82, 2.24) is 9.97 Å². The predicted molar refractivity (Wildman–Crippen MR) is 115 cm³/mol. The Morgan fingerprint density at radius 2 is 1.94 bits per heavy atom. The molecule has 0 radical (unpaired) electrons. The minimum Gasteiger partial charge on any atom is -0.456 e. The summed E-state index contributed by atoms with van der Waals surface area (Å²) in [6.45, 7) is 1.08. The van der Waals surface area contributed by atoms with Gasteiger partial charge in [-0.1, -0.05) is 6.07 Å². The number of alkyl halides is 3. The van der Waals surface area contributed by atoms with Crippen LogP contribution in [0, 0.1) is 0 Å². The third-order valence-electron chi connectivity index (χ3n) is 4.40. The third kappa shape index (κ3) is 4.63. The van der Waals surface area contributed by atoms with Gasteiger partial charge in [0.1, 0.15) is 6.61 Å². The summed E-state index contributed by atoms with van der Waals surface area (Å²) in [6.07, 6.45) is -4.54. The maximum absolute atomic E-state index is 13.1. The average Bonchev–Trinajstić information content (AvgIpc) is 3.40. The summed E-state index contributed by atoms with van der Waals surface area (Å²) >= 11 is 2.47. The van der Waals surface area contributed by atoms with E-state index in [1.54, 1.807) is 29.1 Å². The second kappa shape index (κ2) is 8.67. The van der Waals surface area contributed by atoms with Crippen molar-refractivity contribution in [3.05, 3.63) is 70.2 Å². The number of rotatable bonds is 5. The van der Waals surface area contributed by atoms with Crippen LogP contribution in [0.2, 0.25) is 0 Å². The molecule has 0 aliphatic heterocycles. The van der Waals surface area contributed by atoms with Crippen LogP contribution in [0.5, 0.6) is 0 Å². The molecule has 11 heteroatoms. The van der Waals surface area contributed by atoms with Gasteiger partial charge in [-0.15, -0.1) is 22.7 Å². The smallest absolute Gasteiger partial charge is 0.416 e. The Hall–Kier alpha value is -3.31. The number of thiazole rings is 2. The van der Waals surface area contributed by atoms with Gasteiger partial charge in [0.15, 0.2) is 5.13 Å². The maximum atomic E-state index is 13.1. The molecule has 0 fully saturated rings. The van der Waals surface area contributed by atoms with E-state index in [1.165, 1.54) is 30.4 Å². The average molecular weight is 477 g/mol. The summed E-state index contributed by atoms with van der Waals surface area (Å²) in [5, 5.41) is 1.76. The Balaban J connectivity index is 1.50. The van der Waals surface area contributed by atoms with E-state index in [-0.39, 0.29) is 17.4 Å². The first-order valence-corrected chi connectivity index (χ1v) is 10.9. The number of esters is 1. The number of halogens is 3. The lowest BCUT2D eigenvalue weighted by molar-refractivity contribution is -0.137. The van der Waals surface area contributed by atoms with Crippen LogP contribution in [-0.4, -0.2) is 21.8 Å². The number of ether oxygens (including phenoxy) is 1. The molecule has 0 atom stereocenters. The highest BCUT2D eigenvalue weighted by atomic mass is 32.1. The highest BCUT2D eigenvalue weighted by Gasteiger charge is 2.31. The van der Waals surface area contributed by atoms with Crippen LogP contribution in [0.1, 0.15) is 28.5 Å². The highest BCUT2D eigenvalue weighted by Crippen LogP contribution is 2.35. The first kappa shape index (κ1) is 21.9. The van der Waals surface area contributed by atoms with Gasteiger partial charge in [0.25, 0.3) is 0 Å². The van der Waals surface area contributed by atoms with E-state index in [4.69, 9.17) is 4.74 Å². The van der Waals surface area contributed by atoms with Gasteiger partial charge in [-0.2, -0.15) is 13.2 Å². The van der Waals surface area contributed by atoms with Crippen molar-refractivity contribution in [3.63, 3.8) is 0 Å². The standard InChI is InChI=1S/C21H14F3N3O3S2/c1-12(28)27(16-4-2-3-14(8-16)21(22,23)24)20-26-15(10-31-20)9-30-19(29)13-5-6-17-18(7-13)32-11-25-17/h2-8,10-11H,9H2,1H3. The topological polar surface area (TPSA) is 72.4 Å². The molecule has 0 spiro atoms. The molecule has 0 aliphatic rings. The van der Waals surface area contributed by atoms with Crippen molar-refractivity contribution < 1.29 is 27.5 Å². The van der Waals surface area contributed by atoms with E-state index in [0.29, 0.717) is 11.3 Å². The molecule has 0 aliphatic carbocycles. The van der Waals surface area contributed by atoms with Crippen LogP contribution in [0.4, 0.5) is 24.0 Å². The number of nitrogens with zero attached hydrogens (tertiary/aromatic N) is 3. The molecule has 0 bridgehead atoms. The van der Waals surface area contributed by atoms with E-state index in [9.17, 15) is 22.8 Å². The number of amides is 1. The number of benzene rings is 2. The lowest BCUT2D eigenvalue weighted by Gasteiger charge is -2.19. The molecular formula is C21H14F3N3O3S2. The Bertz CT molecular complexity index is 1300. The minimum absolute atomic E-state index is 0.0445. The molecule has 1 amide bonds. The lowest BCUT2D eigenvalue weighted by atomic mass is 10.2. The molecular weight excluding hydrogens is 463 g/mol. The number of fused-ring (bicyclic) bond motifs is 1. The van der Waals surface area contributed by atoms with Gasteiger partial charge in [-0.3, -0.25) is 9.69 Å². The zero-order chi connectivity index (χ0) is 22.9. The van der Waals surface area contributed by atoms with Gasteiger partial charge in [-0.05, 0) is 36.4 Å². The molecule has 4 aromatic rings. The molecule has 2 heterocycles. The Labute approximate surface area is 187 Å². The van der Waals surface area contributed by atoms with Crippen LogP contribution >= 0.6 is 22.7 Å². The van der Waals surface area contributed by atoms with Gasteiger partial charge in [0, 0.05) is 12.3 Å². The third-order valence-corrected chi connectivity index (χ3v) is 6.06. The normalized spacial score (nSPS) is 11.5. The van der Waals surface area contributed by atoms with Crippen LogP contribution in [0.25, 0.3) is 10.2 Å². The molecule has 0 N–H and O–H groups in total. The second-order valence-corrected chi connectivity index (χ2v) is 8.36. The predicted octanol–water partition coefficient (Wildman–Crippen LogP) is 5.81. The van der Waals surface area contributed by atoms with Gasteiger partial charge < -0.3 is 4.74 Å². The Kier molecular flexibility index (Phi) is 5.94. The largest absolute Gasteiger partial charge is 0.456 e. The quantitative estimate of drug-likeness (QED) is 0.339. The number of hydrogen-bond donors (Lipinski definition) is 0. The summed E-state index contributed by atoms with van der Waals surface area (Å²) in [6, 6.07) is 9.46. The van der Waals surface area contributed by atoms with Crippen LogP contribution in [0.3, 0.4) is 0 Å². The highest BCUT2D eigenvalue weighted by molar-refractivity contribution is 7.16. The van der Waals surface area contributed by atoms with Crippen molar-refractivity contribution in [2.24, 2.45) is 0 Å². The molecule has 2 aromatic carbocycles. The Morgan fingerprint density at radius 3 is 2.69 bits per heavy atom. The van der Waals surface area contributed by atoms with E-state index < -0.39 is 23.6 Å². The molecule has 6 nitrogen and oxygen atoms in total. The van der Waals surface area contributed by atoms with Crippen molar-refractivity contribution in [2.45, 2.75) is 19.7 Å². The van der Waals surface area contributed by atoms with Crippen molar-refractivity contribution in [1.29, 1.82) is 0 Å². The molecule has 0 saturated carbocycles. The molecule has 0 saturated heterocycles. The van der Waals surface area contributed by atoms with E-state index in [0.717, 1.165) is 38.6 Å². The van der Waals surface area contributed by atoms with Gasteiger partial charge in [0.05, 0.1) is 38.2 Å². The second-order valence-electron chi connectivity index (χ2n) is 6.63. The minimum atomic E-state index is -4.54. The van der Waals surface area contributed by atoms with Crippen LogP contribution < -0.4 is 4.90 Å². The summed E-state index contributed by atoms with van der Waals surface area (Å²) in [7, 11) is 0. The van der Waals surface area contributed by atoms with E-state index in [2.05, 4.69) is 9.97 Å². The first-order valence-electron chi connectivity index (χ1n) is 9.15. The number of anilines is 2. The fraction of sp³-hybridized carbons (Fsp3) is 0.143. The maximum Gasteiger partial charge on any atom is 0.416 e. The number of hydrogen-bond acceptors (Lipinski definition) is 7. The number of aromatic nitrogens is 2. The van der Waals surface area contributed by atoms with Crippen molar-refractivity contribution >= 4 is 55.6 Å². The molecule has 2 aromatic heterocycles. The van der Waals surface area contributed by atoms with Crippen LogP contribution in [0.15, 0.2) is 53.4 Å². The molecule has 164 valence electrons.